The summed E-state index contributed by atoms with van der Waals surface area (Å²) in [6, 6.07) is 19.1. The number of rotatable bonds is 12. The van der Waals surface area contributed by atoms with E-state index in [1.54, 1.807) is 0 Å². The lowest BCUT2D eigenvalue weighted by Crippen LogP contribution is -2.46. The molecule has 5 heteroatoms. The first-order chi connectivity index (χ1) is 19.9. The van der Waals surface area contributed by atoms with Gasteiger partial charge >= 0.3 is 0 Å². The third-order valence-corrected chi connectivity index (χ3v) is 7.89. The van der Waals surface area contributed by atoms with E-state index < -0.39 is 5.41 Å². The van der Waals surface area contributed by atoms with Gasteiger partial charge in [-0.15, -0.1) is 0 Å². The van der Waals surface area contributed by atoms with E-state index in [0.717, 1.165) is 46.5 Å². The van der Waals surface area contributed by atoms with E-state index in [4.69, 9.17) is 9.72 Å². The highest BCUT2D eigenvalue weighted by Gasteiger charge is 2.35. The second-order valence-electron chi connectivity index (χ2n) is 13.4. The molecule has 1 atom stereocenters. The monoisotopic (exact) mass is 567 g/mol. The standard InChI is InChI=1S/C37H49N3O2/c1-24(2)20-40(21-25(3)4)36(41)37(8,9)31-18-32-33(28(7)22-42-23-29-13-11-10-12-14-29)34(39-35(32)38-19-31)30-16-26(5)15-27(6)17-30/h10-19,24-25,28H,20-23H2,1-9H3,(H,38,39). The number of ether oxygens (including phenoxy) is 1. The van der Waals surface area contributed by atoms with Crippen LogP contribution in [0, 0.1) is 25.7 Å². The summed E-state index contributed by atoms with van der Waals surface area (Å²) in [5.41, 5.74) is 8.06. The minimum absolute atomic E-state index is 0.104. The number of aromatic nitrogens is 2. The number of carbonyl (C=O) groups is 1. The molecule has 224 valence electrons. The molecule has 0 aliphatic rings. The van der Waals surface area contributed by atoms with Crippen molar-refractivity contribution >= 4 is 16.9 Å². The number of aryl methyl sites for hydroxylation is 2. The lowest BCUT2D eigenvalue weighted by molar-refractivity contribution is -0.137. The highest BCUT2D eigenvalue weighted by Crippen LogP contribution is 2.38. The smallest absolute Gasteiger partial charge is 0.232 e. The molecule has 0 aliphatic carbocycles. The van der Waals surface area contributed by atoms with Crippen molar-refractivity contribution in [2.75, 3.05) is 19.7 Å². The molecular formula is C37H49N3O2. The number of benzene rings is 2. The Morgan fingerprint density at radius 3 is 2.14 bits per heavy atom. The Morgan fingerprint density at radius 2 is 1.55 bits per heavy atom. The predicted molar refractivity (Wildman–Crippen MR) is 175 cm³/mol. The van der Waals surface area contributed by atoms with Gasteiger partial charge in [0.25, 0.3) is 0 Å². The largest absolute Gasteiger partial charge is 0.376 e. The molecule has 4 rings (SSSR count). The zero-order valence-electron chi connectivity index (χ0n) is 27.0. The Kier molecular flexibility index (Phi) is 9.93. The number of amides is 1. The minimum Gasteiger partial charge on any atom is -0.376 e. The zero-order valence-corrected chi connectivity index (χ0v) is 27.0. The van der Waals surface area contributed by atoms with Crippen LogP contribution in [0.2, 0.25) is 0 Å². The summed E-state index contributed by atoms with van der Waals surface area (Å²) < 4.78 is 6.24. The molecule has 0 saturated heterocycles. The SMILES string of the molecule is Cc1cc(C)cc(-c2[nH]c3ncc(C(C)(C)C(=O)N(CC(C)C)CC(C)C)cc3c2C(C)COCc2ccccc2)c1. The third kappa shape index (κ3) is 7.30. The van der Waals surface area contributed by atoms with Crippen molar-refractivity contribution in [3.05, 3.63) is 88.6 Å². The molecule has 2 aromatic carbocycles. The number of fused-ring (bicyclic) bond motifs is 1. The van der Waals surface area contributed by atoms with Crippen LogP contribution >= 0.6 is 0 Å². The summed E-state index contributed by atoms with van der Waals surface area (Å²) in [4.78, 5) is 24.6. The molecule has 42 heavy (non-hydrogen) atoms. The predicted octanol–water partition coefficient (Wildman–Crippen LogP) is 8.59. The second-order valence-corrected chi connectivity index (χ2v) is 13.4. The van der Waals surface area contributed by atoms with E-state index >= 15 is 0 Å². The van der Waals surface area contributed by atoms with Gasteiger partial charge in [0.05, 0.1) is 24.3 Å². The number of nitrogens with zero attached hydrogens (tertiary/aromatic N) is 2. The zero-order chi connectivity index (χ0) is 30.6. The van der Waals surface area contributed by atoms with Crippen molar-refractivity contribution in [1.29, 1.82) is 0 Å². The lowest BCUT2D eigenvalue weighted by atomic mass is 9.82. The molecular weight excluding hydrogens is 518 g/mol. The first-order valence-corrected chi connectivity index (χ1v) is 15.4. The van der Waals surface area contributed by atoms with Crippen molar-refractivity contribution < 1.29 is 9.53 Å². The summed E-state index contributed by atoms with van der Waals surface area (Å²) in [6.45, 7) is 21.9. The van der Waals surface area contributed by atoms with Crippen LogP contribution in [0.1, 0.15) is 82.2 Å². The van der Waals surface area contributed by atoms with E-state index in [2.05, 4.69) is 89.8 Å². The number of H-pyrrole nitrogens is 1. The van der Waals surface area contributed by atoms with Crippen LogP contribution in [-0.4, -0.2) is 40.5 Å². The molecule has 0 aliphatic heterocycles. The van der Waals surface area contributed by atoms with Crippen LogP contribution in [0.15, 0.2) is 60.8 Å². The summed E-state index contributed by atoms with van der Waals surface area (Å²) in [6.07, 6.45) is 1.88. The Balaban J connectivity index is 1.76. The van der Waals surface area contributed by atoms with Gasteiger partial charge < -0.3 is 14.6 Å². The Bertz CT molecular complexity index is 1470. The third-order valence-electron chi connectivity index (χ3n) is 7.89. The first-order valence-electron chi connectivity index (χ1n) is 15.4. The van der Waals surface area contributed by atoms with Gasteiger partial charge in [-0.3, -0.25) is 4.79 Å². The maximum absolute atomic E-state index is 14.0. The number of aromatic amines is 1. The van der Waals surface area contributed by atoms with Crippen molar-refractivity contribution in [2.24, 2.45) is 11.8 Å². The van der Waals surface area contributed by atoms with Gasteiger partial charge in [0.2, 0.25) is 5.91 Å². The van der Waals surface area contributed by atoms with Gasteiger partial charge in [-0.1, -0.05) is 82.1 Å². The van der Waals surface area contributed by atoms with Gasteiger partial charge in [-0.25, -0.2) is 4.98 Å². The summed E-state index contributed by atoms with van der Waals surface area (Å²) in [5.74, 6) is 1.05. The molecule has 0 saturated carbocycles. The molecule has 0 radical (unpaired) electrons. The molecule has 5 nitrogen and oxygen atoms in total. The highest BCUT2D eigenvalue weighted by atomic mass is 16.5. The molecule has 4 aromatic rings. The Labute approximate surface area is 252 Å². The van der Waals surface area contributed by atoms with Crippen molar-refractivity contribution in [2.45, 2.75) is 80.3 Å². The van der Waals surface area contributed by atoms with Gasteiger partial charge in [-0.05, 0) is 80.0 Å². The van der Waals surface area contributed by atoms with Crippen LogP contribution in [0.25, 0.3) is 22.3 Å². The maximum Gasteiger partial charge on any atom is 0.232 e. The maximum atomic E-state index is 14.0. The summed E-state index contributed by atoms with van der Waals surface area (Å²) in [5, 5.41) is 1.05. The number of nitrogens with one attached hydrogen (secondary N) is 1. The average molecular weight is 568 g/mol. The molecule has 1 amide bonds. The molecule has 0 bridgehead atoms. The van der Waals surface area contributed by atoms with E-state index in [1.165, 1.54) is 16.7 Å². The number of hydrogen-bond donors (Lipinski definition) is 1. The summed E-state index contributed by atoms with van der Waals surface area (Å²) in [7, 11) is 0. The Morgan fingerprint density at radius 1 is 0.929 bits per heavy atom. The fourth-order valence-corrected chi connectivity index (χ4v) is 5.94. The van der Waals surface area contributed by atoms with Crippen LogP contribution in [0.3, 0.4) is 0 Å². The van der Waals surface area contributed by atoms with Crippen LogP contribution in [0.5, 0.6) is 0 Å². The van der Waals surface area contributed by atoms with E-state index in [0.29, 0.717) is 25.0 Å². The molecule has 2 aromatic heterocycles. The summed E-state index contributed by atoms with van der Waals surface area (Å²) >= 11 is 0. The number of carbonyl (C=O) groups excluding carboxylic acids is 1. The lowest BCUT2D eigenvalue weighted by Gasteiger charge is -2.34. The molecule has 2 heterocycles. The van der Waals surface area contributed by atoms with Gasteiger partial charge in [0.15, 0.2) is 0 Å². The number of hydrogen-bond acceptors (Lipinski definition) is 3. The molecule has 1 unspecified atom stereocenters. The van der Waals surface area contributed by atoms with Gasteiger partial charge in [0, 0.05) is 30.6 Å². The van der Waals surface area contributed by atoms with E-state index in [1.807, 2.05) is 43.1 Å². The van der Waals surface area contributed by atoms with Crippen molar-refractivity contribution in [1.82, 2.24) is 14.9 Å². The normalized spacial score (nSPS) is 12.8. The molecule has 0 fully saturated rings. The fourth-order valence-electron chi connectivity index (χ4n) is 5.94. The quantitative estimate of drug-likeness (QED) is 0.186. The van der Waals surface area contributed by atoms with Crippen LogP contribution < -0.4 is 0 Å². The highest BCUT2D eigenvalue weighted by molar-refractivity contribution is 5.92. The van der Waals surface area contributed by atoms with E-state index in [-0.39, 0.29) is 11.8 Å². The minimum atomic E-state index is -0.716. The average Bonchev–Trinajstić information content (AvgIpc) is 3.31. The van der Waals surface area contributed by atoms with Gasteiger partial charge in [0.1, 0.15) is 5.65 Å². The van der Waals surface area contributed by atoms with E-state index in [9.17, 15) is 4.79 Å². The van der Waals surface area contributed by atoms with Crippen molar-refractivity contribution in [3.63, 3.8) is 0 Å². The topological polar surface area (TPSA) is 58.2 Å². The second kappa shape index (κ2) is 13.2. The number of pyridine rings is 1. The van der Waals surface area contributed by atoms with Crippen LogP contribution in [-0.2, 0) is 21.6 Å². The van der Waals surface area contributed by atoms with Crippen LogP contribution in [0.4, 0.5) is 0 Å². The van der Waals surface area contributed by atoms with Gasteiger partial charge in [-0.2, -0.15) is 0 Å². The Hall–Kier alpha value is -3.44. The first kappa shape index (κ1) is 31.5. The fraction of sp³-hybridized carbons (Fsp3) is 0.459. The molecule has 1 N–H and O–H groups in total. The molecule has 0 spiro atoms. The van der Waals surface area contributed by atoms with Crippen molar-refractivity contribution in [3.8, 4) is 11.3 Å².